The van der Waals surface area contributed by atoms with Gasteiger partial charge in [-0.2, -0.15) is 8.42 Å². The first-order valence-electron chi connectivity index (χ1n) is 3.55. The standard InChI is InChI=1S/C5H13NO7S/c1-6-4(5(8,9)10)3(7)2-14(11,12)13/h3-4,6-10H,2H2,1H3,(H,11,12,13). The van der Waals surface area contributed by atoms with Crippen LogP contribution in [0.4, 0.5) is 0 Å². The summed E-state index contributed by atoms with van der Waals surface area (Å²) < 4.78 is 29.0. The maximum atomic E-state index is 10.3. The first kappa shape index (κ1) is 13.7. The van der Waals surface area contributed by atoms with Crippen LogP contribution in [0.1, 0.15) is 0 Å². The molecule has 0 aliphatic heterocycles. The Bertz CT molecular complexity index is 268. The lowest BCUT2D eigenvalue weighted by molar-refractivity contribution is -0.335. The number of aliphatic hydroxyl groups is 4. The molecule has 0 radical (unpaired) electrons. The first-order valence-corrected chi connectivity index (χ1v) is 5.16. The summed E-state index contributed by atoms with van der Waals surface area (Å²) in [4.78, 5) is 0. The summed E-state index contributed by atoms with van der Waals surface area (Å²) in [7, 11) is -3.30. The predicted octanol–water partition coefficient (Wildman–Crippen LogP) is -3.55. The Balaban J connectivity index is 4.57. The Kier molecular flexibility index (Phi) is 4.39. The van der Waals surface area contributed by atoms with Gasteiger partial charge in [0.25, 0.3) is 16.1 Å². The molecule has 0 rings (SSSR count). The van der Waals surface area contributed by atoms with Gasteiger partial charge in [-0.05, 0) is 7.05 Å². The van der Waals surface area contributed by atoms with Crippen LogP contribution in [-0.4, -0.2) is 64.3 Å². The van der Waals surface area contributed by atoms with Crippen LogP contribution in [0.2, 0.25) is 0 Å². The molecule has 0 aromatic rings. The van der Waals surface area contributed by atoms with E-state index >= 15 is 0 Å². The zero-order valence-corrected chi connectivity index (χ0v) is 8.14. The molecule has 2 unspecified atom stereocenters. The highest BCUT2D eigenvalue weighted by molar-refractivity contribution is 7.85. The van der Waals surface area contributed by atoms with Crippen molar-refractivity contribution in [2.24, 2.45) is 0 Å². The van der Waals surface area contributed by atoms with Gasteiger partial charge in [-0.25, -0.2) is 0 Å². The number of hydrogen-bond donors (Lipinski definition) is 6. The minimum absolute atomic E-state index is 1.12. The highest BCUT2D eigenvalue weighted by atomic mass is 32.2. The summed E-state index contributed by atoms with van der Waals surface area (Å²) in [6.45, 7) is 0. The average Bonchev–Trinajstić information content (AvgIpc) is 1.79. The van der Waals surface area contributed by atoms with Crippen molar-refractivity contribution in [2.75, 3.05) is 12.8 Å². The van der Waals surface area contributed by atoms with E-state index in [2.05, 4.69) is 5.32 Å². The Labute approximate surface area is 80.6 Å². The van der Waals surface area contributed by atoms with Gasteiger partial charge in [-0.3, -0.25) is 4.55 Å². The van der Waals surface area contributed by atoms with E-state index in [9.17, 15) is 8.42 Å². The van der Waals surface area contributed by atoms with E-state index in [-0.39, 0.29) is 0 Å². The largest absolute Gasteiger partial charge is 0.390 e. The highest BCUT2D eigenvalue weighted by Gasteiger charge is 2.38. The van der Waals surface area contributed by atoms with Crippen LogP contribution in [0.15, 0.2) is 0 Å². The van der Waals surface area contributed by atoms with E-state index < -0.39 is 34.0 Å². The summed E-state index contributed by atoms with van der Waals surface area (Å²) in [5.41, 5.74) is 0. The highest BCUT2D eigenvalue weighted by Crippen LogP contribution is 2.08. The molecule has 2 atom stereocenters. The van der Waals surface area contributed by atoms with Gasteiger partial charge in [0, 0.05) is 0 Å². The third-order valence-electron chi connectivity index (χ3n) is 1.49. The van der Waals surface area contributed by atoms with Crippen molar-refractivity contribution in [3.63, 3.8) is 0 Å². The Hall–Kier alpha value is -0.290. The van der Waals surface area contributed by atoms with Gasteiger partial charge in [0.05, 0.1) is 6.10 Å². The number of rotatable bonds is 5. The lowest BCUT2D eigenvalue weighted by atomic mass is 10.1. The van der Waals surface area contributed by atoms with E-state index in [1.54, 1.807) is 0 Å². The van der Waals surface area contributed by atoms with Gasteiger partial charge in [-0.1, -0.05) is 0 Å². The maximum Gasteiger partial charge on any atom is 0.294 e. The van der Waals surface area contributed by atoms with Crippen molar-refractivity contribution in [2.45, 2.75) is 18.1 Å². The molecule has 0 aromatic heterocycles. The number of hydrogen-bond acceptors (Lipinski definition) is 7. The molecular weight excluding hydrogens is 218 g/mol. The molecule has 0 spiro atoms. The summed E-state index contributed by atoms with van der Waals surface area (Å²) in [6.07, 6.45) is -1.87. The monoisotopic (exact) mass is 231 g/mol. The molecule has 9 heteroatoms. The van der Waals surface area contributed by atoms with Gasteiger partial charge in [0.1, 0.15) is 11.8 Å². The lowest BCUT2D eigenvalue weighted by Gasteiger charge is -2.28. The average molecular weight is 231 g/mol. The van der Waals surface area contributed by atoms with Crippen LogP contribution in [0.5, 0.6) is 0 Å². The van der Waals surface area contributed by atoms with E-state index in [4.69, 9.17) is 25.0 Å². The fraction of sp³-hybridized carbons (Fsp3) is 1.00. The van der Waals surface area contributed by atoms with Crippen LogP contribution in [0.25, 0.3) is 0 Å². The van der Waals surface area contributed by atoms with Crippen molar-refractivity contribution in [3.05, 3.63) is 0 Å². The smallest absolute Gasteiger partial charge is 0.294 e. The zero-order chi connectivity index (χ0) is 11.6. The second-order valence-electron chi connectivity index (χ2n) is 2.77. The lowest BCUT2D eigenvalue weighted by Crippen LogP contribution is -2.57. The molecule has 14 heavy (non-hydrogen) atoms. The molecule has 86 valence electrons. The summed E-state index contributed by atoms with van der Waals surface area (Å²) >= 11 is 0. The van der Waals surface area contributed by atoms with Crippen molar-refractivity contribution < 1.29 is 33.4 Å². The summed E-state index contributed by atoms with van der Waals surface area (Å²) in [5, 5.41) is 37.2. The van der Waals surface area contributed by atoms with Gasteiger partial charge in [0.15, 0.2) is 0 Å². The van der Waals surface area contributed by atoms with Gasteiger partial charge in [-0.15, -0.1) is 0 Å². The Morgan fingerprint density at radius 3 is 2.00 bits per heavy atom. The van der Waals surface area contributed by atoms with E-state index in [1.807, 2.05) is 0 Å². The molecule has 8 nitrogen and oxygen atoms in total. The molecule has 0 fully saturated rings. The van der Waals surface area contributed by atoms with Crippen LogP contribution in [0, 0.1) is 0 Å². The summed E-state index contributed by atoms with van der Waals surface area (Å²) in [6, 6.07) is -1.72. The quantitative estimate of drug-likeness (QED) is 0.210. The molecule has 0 saturated heterocycles. The van der Waals surface area contributed by atoms with Crippen molar-refractivity contribution in [1.29, 1.82) is 0 Å². The van der Waals surface area contributed by atoms with E-state index in [1.165, 1.54) is 0 Å². The molecule has 0 bridgehead atoms. The third-order valence-corrected chi connectivity index (χ3v) is 2.26. The maximum absolute atomic E-state index is 10.3. The minimum atomic E-state index is -4.46. The normalized spacial score (nSPS) is 17.9. The van der Waals surface area contributed by atoms with Crippen molar-refractivity contribution >= 4 is 10.1 Å². The van der Waals surface area contributed by atoms with Gasteiger partial charge in [0.2, 0.25) is 0 Å². The van der Waals surface area contributed by atoms with Crippen molar-refractivity contribution in [3.8, 4) is 0 Å². The van der Waals surface area contributed by atoms with Gasteiger partial charge >= 0.3 is 0 Å². The Morgan fingerprint density at radius 1 is 1.36 bits per heavy atom. The predicted molar refractivity (Wildman–Crippen MR) is 44.7 cm³/mol. The SMILES string of the molecule is CNC(C(O)CS(=O)(=O)O)C(O)(O)O. The van der Waals surface area contributed by atoms with Crippen LogP contribution < -0.4 is 5.32 Å². The topological polar surface area (TPSA) is 147 Å². The van der Waals surface area contributed by atoms with Gasteiger partial charge < -0.3 is 25.7 Å². The fourth-order valence-electron chi connectivity index (χ4n) is 0.956. The molecule has 6 N–H and O–H groups in total. The second-order valence-corrected chi connectivity index (χ2v) is 4.27. The zero-order valence-electron chi connectivity index (χ0n) is 7.32. The van der Waals surface area contributed by atoms with E-state index in [0.717, 1.165) is 7.05 Å². The number of nitrogens with one attached hydrogen (secondary N) is 1. The first-order chi connectivity index (χ1) is 6.08. The molecule has 0 amide bonds. The molecule has 0 heterocycles. The molecule has 0 aromatic carbocycles. The van der Waals surface area contributed by atoms with Crippen LogP contribution in [0.3, 0.4) is 0 Å². The summed E-state index contributed by atoms with van der Waals surface area (Å²) in [5.74, 6) is -4.40. The fourth-order valence-corrected chi connectivity index (χ4v) is 1.58. The number of aliphatic hydroxyl groups excluding tert-OH is 1. The minimum Gasteiger partial charge on any atom is -0.390 e. The molecule has 0 aliphatic carbocycles. The van der Waals surface area contributed by atoms with Crippen molar-refractivity contribution in [1.82, 2.24) is 5.32 Å². The third kappa shape index (κ3) is 4.81. The Morgan fingerprint density at radius 2 is 1.79 bits per heavy atom. The molecular formula is C5H13NO7S. The van der Waals surface area contributed by atoms with E-state index in [0.29, 0.717) is 0 Å². The molecule has 0 aliphatic rings. The van der Waals surface area contributed by atoms with Crippen LogP contribution >= 0.6 is 0 Å². The number of likely N-dealkylation sites (N-methyl/N-ethyl adjacent to an activating group) is 1. The second kappa shape index (κ2) is 4.49. The van der Waals surface area contributed by atoms with Crippen LogP contribution in [-0.2, 0) is 10.1 Å². The molecule has 0 saturated carbocycles.